The Morgan fingerprint density at radius 2 is 2.04 bits per heavy atom. The fourth-order valence-electron chi connectivity index (χ4n) is 1.66. The maximum absolute atomic E-state index is 12.0. The fourth-order valence-corrected chi connectivity index (χ4v) is 1.66. The van der Waals surface area contributed by atoms with Crippen LogP contribution in [-0.4, -0.2) is 18.4 Å². The maximum atomic E-state index is 12.0. The van der Waals surface area contributed by atoms with Gasteiger partial charge in [0, 0.05) is 6.07 Å². The molecule has 2 rings (SSSR count). The molecule has 0 atom stereocenters. The number of nitrogens with zero attached hydrogens (tertiary/aromatic N) is 1. The van der Waals surface area contributed by atoms with E-state index in [1.165, 1.54) is 12.3 Å². The molecular weight excluding hydrogens is 298 g/mol. The lowest BCUT2D eigenvalue weighted by Gasteiger charge is -2.04. The Morgan fingerprint density at radius 1 is 1.30 bits per heavy atom. The number of amides is 2. The number of primary amides is 1. The summed E-state index contributed by atoms with van der Waals surface area (Å²) < 4.78 is 10.1. The summed E-state index contributed by atoms with van der Waals surface area (Å²) in [6.45, 7) is -0.218. The highest BCUT2D eigenvalue weighted by atomic mass is 16.5. The van der Waals surface area contributed by atoms with E-state index in [1.807, 2.05) is 6.07 Å². The summed E-state index contributed by atoms with van der Waals surface area (Å²) in [6, 6.07) is 11.5. The molecule has 23 heavy (non-hydrogen) atoms. The van der Waals surface area contributed by atoms with E-state index in [-0.39, 0.29) is 18.1 Å². The van der Waals surface area contributed by atoms with Crippen molar-refractivity contribution >= 4 is 23.8 Å². The number of rotatable bonds is 6. The molecule has 0 radical (unpaired) electrons. The Labute approximate surface area is 132 Å². The molecular formula is C16H13N3O4. The van der Waals surface area contributed by atoms with Crippen LogP contribution in [0.25, 0.3) is 6.08 Å². The number of nitriles is 1. The Hall–Kier alpha value is -3.53. The van der Waals surface area contributed by atoms with Gasteiger partial charge in [0.15, 0.2) is 12.5 Å². The number of carbonyl (C=O) groups excluding carboxylic acids is 2. The number of benzene rings is 1. The van der Waals surface area contributed by atoms with Crippen LogP contribution in [0, 0.1) is 11.3 Å². The van der Waals surface area contributed by atoms with Crippen molar-refractivity contribution in [3.63, 3.8) is 0 Å². The summed E-state index contributed by atoms with van der Waals surface area (Å²) in [7, 11) is 0. The molecule has 0 aliphatic rings. The van der Waals surface area contributed by atoms with Crippen LogP contribution < -0.4 is 15.8 Å². The second-order valence-electron chi connectivity index (χ2n) is 4.43. The van der Waals surface area contributed by atoms with Crippen LogP contribution >= 0.6 is 0 Å². The number of carbonyl (C=O) groups is 2. The topological polar surface area (TPSA) is 118 Å². The highest BCUT2D eigenvalue weighted by Gasteiger charge is 2.10. The molecule has 0 spiro atoms. The zero-order chi connectivity index (χ0) is 16.7. The molecule has 0 aliphatic carbocycles. The molecule has 2 amide bonds. The first kappa shape index (κ1) is 15.9. The van der Waals surface area contributed by atoms with Crippen LogP contribution in [0.5, 0.6) is 5.75 Å². The smallest absolute Gasteiger partial charge is 0.268 e. The predicted octanol–water partition coefficient (Wildman–Crippen LogP) is 1.69. The minimum Gasteiger partial charge on any atom is -0.484 e. The van der Waals surface area contributed by atoms with Crippen molar-refractivity contribution in [2.75, 3.05) is 11.9 Å². The highest BCUT2D eigenvalue weighted by molar-refractivity contribution is 6.09. The largest absolute Gasteiger partial charge is 0.484 e. The normalized spacial score (nSPS) is 10.7. The monoisotopic (exact) mass is 311 g/mol. The highest BCUT2D eigenvalue weighted by Crippen LogP contribution is 2.15. The van der Waals surface area contributed by atoms with Gasteiger partial charge in [-0.1, -0.05) is 12.1 Å². The second-order valence-corrected chi connectivity index (χ2v) is 4.43. The Bertz CT molecular complexity index is 756. The van der Waals surface area contributed by atoms with E-state index in [1.54, 1.807) is 36.4 Å². The van der Waals surface area contributed by atoms with E-state index in [0.717, 1.165) is 0 Å². The number of anilines is 1. The van der Waals surface area contributed by atoms with Gasteiger partial charge in [0.2, 0.25) is 0 Å². The number of nitrogens with two attached hydrogens (primary N) is 1. The van der Waals surface area contributed by atoms with Crippen molar-refractivity contribution in [3.8, 4) is 11.8 Å². The Balaban J connectivity index is 2.07. The SMILES string of the molecule is N#C/C(=C\c1ccc(OCC(N)=O)cc1)C(=O)Nc1ccco1. The number of nitrogens with one attached hydrogen (secondary N) is 1. The van der Waals surface area contributed by atoms with Crippen molar-refractivity contribution < 1.29 is 18.7 Å². The standard InChI is InChI=1S/C16H13N3O4/c17-9-12(16(21)19-15-2-1-7-22-15)8-11-3-5-13(6-4-11)23-10-14(18)20/h1-8H,10H2,(H2,18,20)(H,19,21)/b12-8+. The van der Waals surface area contributed by atoms with Crippen LogP contribution in [0.1, 0.15) is 5.56 Å². The third kappa shape index (κ3) is 4.75. The Kier molecular flexibility index (Phi) is 5.15. The van der Waals surface area contributed by atoms with Gasteiger partial charge >= 0.3 is 0 Å². The van der Waals surface area contributed by atoms with E-state index in [4.69, 9.17) is 20.1 Å². The van der Waals surface area contributed by atoms with Crippen LogP contribution in [0.15, 0.2) is 52.7 Å². The van der Waals surface area contributed by atoms with Gasteiger partial charge in [-0.15, -0.1) is 0 Å². The lowest BCUT2D eigenvalue weighted by atomic mass is 10.1. The molecule has 7 nitrogen and oxygen atoms in total. The lowest BCUT2D eigenvalue weighted by Crippen LogP contribution is -2.19. The summed E-state index contributed by atoms with van der Waals surface area (Å²) >= 11 is 0. The van der Waals surface area contributed by atoms with Gasteiger partial charge in [-0.25, -0.2) is 0 Å². The molecule has 0 saturated carbocycles. The molecule has 116 valence electrons. The van der Waals surface area contributed by atoms with Crippen LogP contribution in [0.4, 0.5) is 5.88 Å². The molecule has 0 saturated heterocycles. The van der Waals surface area contributed by atoms with Crippen molar-refractivity contribution in [3.05, 3.63) is 53.8 Å². The van der Waals surface area contributed by atoms with E-state index in [2.05, 4.69) is 5.32 Å². The third-order valence-corrected chi connectivity index (χ3v) is 2.70. The van der Waals surface area contributed by atoms with E-state index in [0.29, 0.717) is 11.3 Å². The predicted molar refractivity (Wildman–Crippen MR) is 82.1 cm³/mol. The molecule has 0 aliphatic heterocycles. The summed E-state index contributed by atoms with van der Waals surface area (Å²) in [6.07, 6.45) is 2.84. The molecule has 0 bridgehead atoms. The molecule has 1 aromatic heterocycles. The first-order valence-electron chi connectivity index (χ1n) is 6.56. The van der Waals surface area contributed by atoms with Crippen LogP contribution in [-0.2, 0) is 9.59 Å². The van der Waals surface area contributed by atoms with Crippen LogP contribution in [0.3, 0.4) is 0 Å². The average Bonchev–Trinajstić information content (AvgIpc) is 3.04. The zero-order valence-electron chi connectivity index (χ0n) is 12.0. The summed E-state index contributed by atoms with van der Waals surface area (Å²) in [5.74, 6) is -0.433. The van der Waals surface area contributed by atoms with E-state index in [9.17, 15) is 9.59 Å². The fraction of sp³-hybridized carbons (Fsp3) is 0.0625. The number of hydrogen-bond donors (Lipinski definition) is 2. The van der Waals surface area contributed by atoms with Crippen molar-refractivity contribution in [2.24, 2.45) is 5.73 Å². The number of hydrogen-bond acceptors (Lipinski definition) is 5. The minimum atomic E-state index is -0.574. The van der Waals surface area contributed by atoms with Crippen molar-refractivity contribution in [2.45, 2.75) is 0 Å². The van der Waals surface area contributed by atoms with Crippen LogP contribution in [0.2, 0.25) is 0 Å². The number of furan rings is 1. The number of ether oxygens (including phenoxy) is 1. The lowest BCUT2D eigenvalue weighted by molar-refractivity contribution is -0.120. The minimum absolute atomic E-state index is 0.0767. The molecule has 0 unspecified atom stereocenters. The summed E-state index contributed by atoms with van der Waals surface area (Å²) in [4.78, 5) is 22.6. The maximum Gasteiger partial charge on any atom is 0.268 e. The van der Waals surface area contributed by atoms with Gasteiger partial charge in [0.05, 0.1) is 6.26 Å². The first-order valence-corrected chi connectivity index (χ1v) is 6.56. The molecule has 1 aromatic carbocycles. The Morgan fingerprint density at radius 3 is 2.61 bits per heavy atom. The molecule has 3 N–H and O–H groups in total. The van der Waals surface area contributed by atoms with Crippen molar-refractivity contribution in [1.82, 2.24) is 0 Å². The molecule has 1 heterocycles. The molecule has 2 aromatic rings. The van der Waals surface area contributed by atoms with Gasteiger partial charge in [-0.2, -0.15) is 5.26 Å². The van der Waals surface area contributed by atoms with Gasteiger partial charge < -0.3 is 14.9 Å². The third-order valence-electron chi connectivity index (χ3n) is 2.70. The van der Waals surface area contributed by atoms with Crippen molar-refractivity contribution in [1.29, 1.82) is 5.26 Å². The summed E-state index contributed by atoms with van der Waals surface area (Å²) in [5.41, 5.74) is 5.53. The van der Waals surface area contributed by atoms with E-state index >= 15 is 0 Å². The van der Waals surface area contributed by atoms with Gasteiger partial charge in [-0.3, -0.25) is 14.9 Å². The van der Waals surface area contributed by atoms with Gasteiger partial charge in [0.1, 0.15) is 17.4 Å². The van der Waals surface area contributed by atoms with Gasteiger partial charge in [0.25, 0.3) is 11.8 Å². The van der Waals surface area contributed by atoms with E-state index < -0.39 is 11.8 Å². The molecule has 0 fully saturated rings. The van der Waals surface area contributed by atoms with Gasteiger partial charge in [-0.05, 0) is 29.8 Å². The average molecular weight is 311 g/mol. The quantitative estimate of drug-likeness (QED) is 0.621. The first-order chi connectivity index (χ1) is 11.1. The molecule has 7 heteroatoms. The zero-order valence-corrected chi connectivity index (χ0v) is 12.0. The summed E-state index contributed by atoms with van der Waals surface area (Å²) in [5, 5.41) is 11.6. The second kappa shape index (κ2) is 7.47.